The summed E-state index contributed by atoms with van der Waals surface area (Å²) >= 11 is 12.4. The summed E-state index contributed by atoms with van der Waals surface area (Å²) in [5.41, 5.74) is 2.05. The second-order valence-electron chi connectivity index (χ2n) is 7.38. The van der Waals surface area contributed by atoms with Gasteiger partial charge in [0.2, 0.25) is 5.75 Å². The summed E-state index contributed by atoms with van der Waals surface area (Å²) in [5.74, 6) is 1.88. The van der Waals surface area contributed by atoms with Crippen LogP contribution in [0.2, 0.25) is 10.0 Å². The Labute approximate surface area is 182 Å². The largest absolute Gasteiger partial charge is 0.493 e. The molecule has 1 heterocycles. The molecule has 0 radical (unpaired) electrons. The Morgan fingerprint density at radius 3 is 2.24 bits per heavy atom. The number of likely N-dealkylation sites (tertiary alicyclic amines) is 1. The fraction of sp³-hybridized carbons (Fsp3) is 0.455. The summed E-state index contributed by atoms with van der Waals surface area (Å²) in [6, 6.07) is 9.74. The molecular weight excluding hydrogens is 413 g/mol. The van der Waals surface area contributed by atoms with Gasteiger partial charge in [-0.25, -0.2) is 0 Å². The van der Waals surface area contributed by atoms with Gasteiger partial charge in [-0.2, -0.15) is 0 Å². The topological polar surface area (TPSA) is 51.2 Å². The molecule has 1 N–H and O–H groups in total. The van der Waals surface area contributed by atoms with Crippen LogP contribution in [-0.2, 0) is 12.0 Å². The molecule has 0 amide bonds. The van der Waals surface area contributed by atoms with Gasteiger partial charge in [-0.1, -0.05) is 29.3 Å². The Kier molecular flexibility index (Phi) is 7.17. The van der Waals surface area contributed by atoms with Crippen LogP contribution in [-0.4, -0.2) is 51.0 Å². The van der Waals surface area contributed by atoms with E-state index in [0.29, 0.717) is 33.7 Å². The van der Waals surface area contributed by atoms with Crippen LogP contribution in [0.3, 0.4) is 0 Å². The lowest BCUT2D eigenvalue weighted by Crippen LogP contribution is -2.32. The van der Waals surface area contributed by atoms with E-state index in [2.05, 4.69) is 4.90 Å². The second-order valence-corrected chi connectivity index (χ2v) is 8.19. The zero-order valence-electron chi connectivity index (χ0n) is 17.0. The summed E-state index contributed by atoms with van der Waals surface area (Å²) in [7, 11) is 4.84. The first-order valence-electron chi connectivity index (χ1n) is 9.54. The number of ether oxygens (including phenoxy) is 3. The van der Waals surface area contributed by atoms with Crippen LogP contribution in [0.15, 0.2) is 30.3 Å². The third-order valence-corrected chi connectivity index (χ3v) is 6.42. The molecule has 0 bridgehead atoms. The van der Waals surface area contributed by atoms with Crippen LogP contribution in [0, 0.1) is 0 Å². The van der Waals surface area contributed by atoms with E-state index in [0.717, 1.165) is 37.2 Å². The lowest BCUT2D eigenvalue weighted by Gasteiger charge is -2.30. The van der Waals surface area contributed by atoms with Crippen LogP contribution >= 0.6 is 23.2 Å². The minimum Gasteiger partial charge on any atom is -0.493 e. The van der Waals surface area contributed by atoms with E-state index in [1.807, 2.05) is 30.3 Å². The van der Waals surface area contributed by atoms with Gasteiger partial charge in [0.1, 0.15) is 0 Å². The van der Waals surface area contributed by atoms with E-state index in [1.165, 1.54) is 0 Å². The third-order valence-electron chi connectivity index (χ3n) is 5.69. The fourth-order valence-corrected chi connectivity index (χ4v) is 4.50. The van der Waals surface area contributed by atoms with E-state index in [4.69, 9.17) is 37.4 Å². The smallest absolute Gasteiger partial charge is 0.203 e. The summed E-state index contributed by atoms with van der Waals surface area (Å²) in [6.07, 6.45) is 1.62. The number of halogens is 2. The van der Waals surface area contributed by atoms with Crippen LogP contribution in [0.1, 0.15) is 24.0 Å². The average molecular weight is 440 g/mol. The number of hydrogen-bond donors (Lipinski definition) is 1. The minimum absolute atomic E-state index is 0.123. The van der Waals surface area contributed by atoms with E-state index in [9.17, 15) is 5.11 Å². The van der Waals surface area contributed by atoms with Crippen molar-refractivity contribution < 1.29 is 19.3 Å². The van der Waals surface area contributed by atoms with Gasteiger partial charge in [0.25, 0.3) is 0 Å². The number of methoxy groups -OCH3 is 3. The zero-order chi connectivity index (χ0) is 21.0. The summed E-state index contributed by atoms with van der Waals surface area (Å²) in [4.78, 5) is 2.37. The van der Waals surface area contributed by atoms with E-state index < -0.39 is 0 Å². The molecule has 1 aliphatic rings. The molecule has 1 atom stereocenters. The maximum atomic E-state index is 9.72. The number of nitrogens with zero attached hydrogens (tertiary/aromatic N) is 1. The molecule has 2 aromatic rings. The maximum Gasteiger partial charge on any atom is 0.203 e. The molecule has 158 valence electrons. The first-order valence-corrected chi connectivity index (χ1v) is 10.3. The molecule has 2 aromatic carbocycles. The number of hydrogen-bond acceptors (Lipinski definition) is 5. The molecule has 5 nitrogen and oxygen atoms in total. The van der Waals surface area contributed by atoms with Gasteiger partial charge in [0.05, 0.1) is 31.4 Å². The SMILES string of the molecule is COc1cc(CN2CCC(CCO)(c3ccc(Cl)c(Cl)c3)C2)cc(OC)c1OC. The molecule has 0 spiro atoms. The van der Waals surface area contributed by atoms with E-state index in [-0.39, 0.29) is 12.0 Å². The highest BCUT2D eigenvalue weighted by Crippen LogP contribution is 2.42. The maximum absolute atomic E-state index is 9.72. The van der Waals surface area contributed by atoms with Gasteiger partial charge >= 0.3 is 0 Å². The molecule has 1 unspecified atom stereocenters. The van der Waals surface area contributed by atoms with Gasteiger partial charge in [-0.3, -0.25) is 4.90 Å². The molecule has 0 aromatic heterocycles. The normalized spacial score (nSPS) is 19.4. The summed E-state index contributed by atoms with van der Waals surface area (Å²) in [5, 5.41) is 10.8. The van der Waals surface area contributed by atoms with Gasteiger partial charge < -0.3 is 19.3 Å². The first kappa shape index (κ1) is 22.0. The number of aliphatic hydroxyl groups is 1. The minimum atomic E-state index is -0.149. The third kappa shape index (κ3) is 4.58. The Bertz CT molecular complexity index is 836. The second kappa shape index (κ2) is 9.43. The highest BCUT2D eigenvalue weighted by molar-refractivity contribution is 6.42. The lowest BCUT2D eigenvalue weighted by molar-refractivity contribution is 0.227. The zero-order valence-corrected chi connectivity index (χ0v) is 18.5. The number of aliphatic hydroxyl groups excluding tert-OH is 1. The predicted molar refractivity (Wildman–Crippen MR) is 116 cm³/mol. The van der Waals surface area contributed by atoms with Crippen LogP contribution in [0.25, 0.3) is 0 Å². The monoisotopic (exact) mass is 439 g/mol. The van der Waals surface area contributed by atoms with Crippen molar-refractivity contribution in [3.05, 3.63) is 51.5 Å². The summed E-state index contributed by atoms with van der Waals surface area (Å²) in [6.45, 7) is 2.60. The van der Waals surface area contributed by atoms with Crippen molar-refractivity contribution in [3.8, 4) is 17.2 Å². The van der Waals surface area contributed by atoms with Crippen LogP contribution in [0.5, 0.6) is 17.2 Å². The average Bonchev–Trinajstić information content (AvgIpc) is 3.13. The highest BCUT2D eigenvalue weighted by Gasteiger charge is 2.39. The van der Waals surface area contributed by atoms with Gasteiger partial charge in [0, 0.05) is 25.1 Å². The van der Waals surface area contributed by atoms with Crippen molar-refractivity contribution in [2.24, 2.45) is 0 Å². The Morgan fingerprint density at radius 1 is 1.00 bits per heavy atom. The van der Waals surface area contributed by atoms with Crippen molar-refractivity contribution in [1.82, 2.24) is 4.90 Å². The molecule has 29 heavy (non-hydrogen) atoms. The standard InChI is InChI=1S/C22H27Cl2NO4/c1-27-19-10-15(11-20(28-2)21(19)29-3)13-25-8-6-22(14-25,7-9-26)16-4-5-17(23)18(24)12-16/h4-5,10-12,26H,6-9,13-14H2,1-3H3. The van der Waals surface area contributed by atoms with Crippen LogP contribution in [0.4, 0.5) is 0 Å². The van der Waals surface area contributed by atoms with Gasteiger partial charge in [0.15, 0.2) is 11.5 Å². The quantitative estimate of drug-likeness (QED) is 0.653. The lowest BCUT2D eigenvalue weighted by atomic mass is 9.77. The van der Waals surface area contributed by atoms with Crippen molar-refractivity contribution in [1.29, 1.82) is 0 Å². The molecular formula is C22H27Cl2NO4. The van der Waals surface area contributed by atoms with Gasteiger partial charge in [-0.05, 0) is 54.8 Å². The van der Waals surface area contributed by atoms with Crippen molar-refractivity contribution in [2.75, 3.05) is 41.0 Å². The van der Waals surface area contributed by atoms with Crippen molar-refractivity contribution in [2.45, 2.75) is 24.8 Å². The highest BCUT2D eigenvalue weighted by atomic mass is 35.5. The molecule has 1 fully saturated rings. The number of rotatable bonds is 8. The molecule has 0 saturated carbocycles. The number of benzene rings is 2. The molecule has 1 saturated heterocycles. The molecule has 0 aliphatic carbocycles. The molecule has 7 heteroatoms. The Balaban J connectivity index is 1.84. The van der Waals surface area contributed by atoms with E-state index >= 15 is 0 Å². The van der Waals surface area contributed by atoms with E-state index in [1.54, 1.807) is 21.3 Å². The fourth-order valence-electron chi connectivity index (χ4n) is 4.20. The summed E-state index contributed by atoms with van der Waals surface area (Å²) < 4.78 is 16.4. The molecule has 1 aliphatic heterocycles. The van der Waals surface area contributed by atoms with Crippen molar-refractivity contribution in [3.63, 3.8) is 0 Å². The molecule has 3 rings (SSSR count). The Morgan fingerprint density at radius 2 is 1.69 bits per heavy atom. The Hall–Kier alpha value is -1.66. The van der Waals surface area contributed by atoms with Crippen molar-refractivity contribution >= 4 is 23.2 Å². The predicted octanol–water partition coefficient (Wildman–Crippen LogP) is 4.55. The first-order chi connectivity index (χ1) is 14.0. The van der Waals surface area contributed by atoms with Crippen LogP contribution < -0.4 is 14.2 Å². The van der Waals surface area contributed by atoms with Gasteiger partial charge in [-0.15, -0.1) is 0 Å².